The molecule has 8 nitrogen and oxygen atoms in total. The number of amides is 1. The SMILES string of the molecule is Cc1nc(-c2cnn(C)c2CNC(=O)OCC(C)C)ncc1OC1CCCCC1. The van der Waals surface area contributed by atoms with Crippen LogP contribution in [-0.2, 0) is 18.3 Å². The van der Waals surface area contributed by atoms with Crippen molar-refractivity contribution in [1.29, 1.82) is 0 Å². The number of rotatable bonds is 7. The molecule has 1 N–H and O–H groups in total. The van der Waals surface area contributed by atoms with Crippen LogP contribution >= 0.6 is 0 Å². The molecule has 3 rings (SSSR count). The highest BCUT2D eigenvalue weighted by atomic mass is 16.5. The van der Waals surface area contributed by atoms with Gasteiger partial charge in [0.25, 0.3) is 0 Å². The van der Waals surface area contributed by atoms with E-state index < -0.39 is 6.09 Å². The Morgan fingerprint density at radius 3 is 2.72 bits per heavy atom. The number of ether oxygens (including phenoxy) is 2. The summed E-state index contributed by atoms with van der Waals surface area (Å²) in [5.41, 5.74) is 2.40. The lowest BCUT2D eigenvalue weighted by Gasteiger charge is -2.23. The van der Waals surface area contributed by atoms with Gasteiger partial charge in [0.2, 0.25) is 0 Å². The summed E-state index contributed by atoms with van der Waals surface area (Å²) in [5, 5.41) is 7.07. The van der Waals surface area contributed by atoms with Crippen molar-refractivity contribution in [2.75, 3.05) is 6.61 Å². The molecule has 0 bridgehead atoms. The van der Waals surface area contributed by atoms with Gasteiger partial charge in [-0.25, -0.2) is 14.8 Å². The van der Waals surface area contributed by atoms with Gasteiger partial charge in [-0.15, -0.1) is 0 Å². The third kappa shape index (κ3) is 5.68. The van der Waals surface area contributed by atoms with Crippen LogP contribution in [0.5, 0.6) is 5.75 Å². The van der Waals surface area contributed by atoms with Crippen molar-refractivity contribution < 1.29 is 14.3 Å². The monoisotopic (exact) mass is 401 g/mol. The molecular weight excluding hydrogens is 370 g/mol. The summed E-state index contributed by atoms with van der Waals surface area (Å²) in [5.74, 6) is 1.60. The van der Waals surface area contributed by atoms with Crippen LogP contribution in [0, 0.1) is 12.8 Å². The van der Waals surface area contributed by atoms with E-state index in [1.807, 2.05) is 27.8 Å². The second-order valence-electron chi connectivity index (χ2n) is 8.00. The lowest BCUT2D eigenvalue weighted by molar-refractivity contribution is 0.132. The summed E-state index contributed by atoms with van der Waals surface area (Å²) in [4.78, 5) is 21.0. The Morgan fingerprint density at radius 1 is 1.28 bits per heavy atom. The van der Waals surface area contributed by atoms with Crippen LogP contribution in [0.15, 0.2) is 12.4 Å². The van der Waals surface area contributed by atoms with Gasteiger partial charge in [0.1, 0.15) is 0 Å². The van der Waals surface area contributed by atoms with Crippen molar-refractivity contribution in [1.82, 2.24) is 25.1 Å². The van der Waals surface area contributed by atoms with Crippen molar-refractivity contribution in [3.05, 3.63) is 23.8 Å². The fourth-order valence-corrected chi connectivity index (χ4v) is 3.37. The van der Waals surface area contributed by atoms with E-state index in [1.54, 1.807) is 17.1 Å². The van der Waals surface area contributed by atoms with Crippen molar-refractivity contribution >= 4 is 6.09 Å². The molecule has 0 spiro atoms. The molecule has 1 amide bonds. The summed E-state index contributed by atoms with van der Waals surface area (Å²) in [7, 11) is 1.83. The van der Waals surface area contributed by atoms with Crippen molar-refractivity contribution in [3.8, 4) is 17.1 Å². The van der Waals surface area contributed by atoms with Crippen LogP contribution in [0.25, 0.3) is 11.4 Å². The number of hydrogen-bond donors (Lipinski definition) is 1. The fourth-order valence-electron chi connectivity index (χ4n) is 3.37. The maximum Gasteiger partial charge on any atom is 0.407 e. The molecule has 0 unspecified atom stereocenters. The number of nitrogens with one attached hydrogen (secondary N) is 1. The van der Waals surface area contributed by atoms with E-state index in [9.17, 15) is 4.79 Å². The molecule has 0 aliphatic heterocycles. The first-order valence-electron chi connectivity index (χ1n) is 10.4. The van der Waals surface area contributed by atoms with Gasteiger partial charge in [-0.3, -0.25) is 4.68 Å². The van der Waals surface area contributed by atoms with Crippen LogP contribution in [-0.4, -0.2) is 38.6 Å². The lowest BCUT2D eigenvalue weighted by atomic mass is 9.98. The van der Waals surface area contributed by atoms with Gasteiger partial charge < -0.3 is 14.8 Å². The highest BCUT2D eigenvalue weighted by Gasteiger charge is 2.19. The molecule has 158 valence electrons. The van der Waals surface area contributed by atoms with Gasteiger partial charge in [0.05, 0.1) is 48.6 Å². The van der Waals surface area contributed by atoms with Crippen molar-refractivity contribution in [2.45, 2.75) is 65.5 Å². The Labute approximate surface area is 172 Å². The topological polar surface area (TPSA) is 91.2 Å². The minimum absolute atomic E-state index is 0.256. The van der Waals surface area contributed by atoms with E-state index in [0.717, 1.165) is 35.5 Å². The molecule has 1 fully saturated rings. The summed E-state index contributed by atoms with van der Waals surface area (Å²) >= 11 is 0. The molecule has 2 aromatic rings. The number of aromatic nitrogens is 4. The van der Waals surface area contributed by atoms with Gasteiger partial charge in [-0.1, -0.05) is 20.3 Å². The Morgan fingerprint density at radius 2 is 2.03 bits per heavy atom. The molecule has 29 heavy (non-hydrogen) atoms. The standard InChI is InChI=1S/C21H31N5O3/c1-14(2)13-28-21(27)23-11-18-17(10-24-26(18)4)20-22-12-19(15(3)25-20)29-16-8-6-5-7-9-16/h10,12,14,16H,5-9,11,13H2,1-4H3,(H,23,27). The van der Waals surface area contributed by atoms with Crippen molar-refractivity contribution in [2.24, 2.45) is 13.0 Å². The molecule has 1 saturated carbocycles. The van der Waals surface area contributed by atoms with E-state index in [0.29, 0.717) is 18.3 Å². The van der Waals surface area contributed by atoms with Crippen LogP contribution < -0.4 is 10.1 Å². The van der Waals surface area contributed by atoms with Crippen LogP contribution in [0.2, 0.25) is 0 Å². The van der Waals surface area contributed by atoms with E-state index >= 15 is 0 Å². The first-order valence-corrected chi connectivity index (χ1v) is 10.4. The normalized spacial score (nSPS) is 14.8. The predicted octanol–water partition coefficient (Wildman–Crippen LogP) is 3.78. The molecule has 2 aromatic heterocycles. The van der Waals surface area contributed by atoms with E-state index in [4.69, 9.17) is 9.47 Å². The molecule has 0 atom stereocenters. The molecular formula is C21H31N5O3. The van der Waals surface area contributed by atoms with Crippen LogP contribution in [0.1, 0.15) is 57.3 Å². The molecule has 8 heteroatoms. The zero-order valence-corrected chi connectivity index (χ0v) is 17.8. The number of aryl methyl sites for hydroxylation is 2. The quantitative estimate of drug-likeness (QED) is 0.759. The smallest absolute Gasteiger partial charge is 0.407 e. The average molecular weight is 402 g/mol. The number of hydrogen-bond acceptors (Lipinski definition) is 6. The molecule has 1 aliphatic rings. The first kappa shape index (κ1) is 21.1. The number of carbonyl (C=O) groups is 1. The minimum Gasteiger partial charge on any atom is -0.487 e. The van der Waals surface area contributed by atoms with E-state index in [2.05, 4.69) is 20.4 Å². The third-order valence-electron chi connectivity index (χ3n) is 5.03. The highest BCUT2D eigenvalue weighted by Crippen LogP contribution is 2.27. The van der Waals surface area contributed by atoms with E-state index in [-0.39, 0.29) is 12.6 Å². The Kier molecular flexibility index (Phi) is 7.06. The van der Waals surface area contributed by atoms with Gasteiger partial charge in [0, 0.05) is 7.05 Å². The maximum absolute atomic E-state index is 11.9. The molecule has 2 heterocycles. The minimum atomic E-state index is -0.445. The maximum atomic E-state index is 11.9. The predicted molar refractivity (Wildman–Crippen MR) is 109 cm³/mol. The Bertz CT molecular complexity index is 828. The fraction of sp³-hybridized carbons (Fsp3) is 0.619. The summed E-state index contributed by atoms with van der Waals surface area (Å²) in [6, 6.07) is 0. The summed E-state index contributed by atoms with van der Waals surface area (Å²) in [6.45, 7) is 6.59. The largest absolute Gasteiger partial charge is 0.487 e. The molecule has 0 aromatic carbocycles. The van der Waals surface area contributed by atoms with Crippen LogP contribution in [0.4, 0.5) is 4.79 Å². The third-order valence-corrected chi connectivity index (χ3v) is 5.03. The Balaban J connectivity index is 1.68. The van der Waals surface area contributed by atoms with Gasteiger partial charge in [0.15, 0.2) is 11.6 Å². The zero-order valence-electron chi connectivity index (χ0n) is 17.8. The number of alkyl carbamates (subject to hydrolysis) is 1. The molecule has 0 saturated heterocycles. The van der Waals surface area contributed by atoms with Gasteiger partial charge in [-0.05, 0) is 38.5 Å². The summed E-state index contributed by atoms with van der Waals surface area (Å²) < 4.78 is 13.0. The first-order chi connectivity index (χ1) is 13.9. The number of nitrogens with zero attached hydrogens (tertiary/aromatic N) is 4. The van der Waals surface area contributed by atoms with Crippen LogP contribution in [0.3, 0.4) is 0 Å². The zero-order chi connectivity index (χ0) is 20.8. The highest BCUT2D eigenvalue weighted by molar-refractivity contribution is 5.68. The lowest BCUT2D eigenvalue weighted by Crippen LogP contribution is -2.26. The molecule has 1 aliphatic carbocycles. The molecule has 0 radical (unpaired) electrons. The van der Waals surface area contributed by atoms with Gasteiger partial charge in [-0.2, -0.15) is 5.10 Å². The van der Waals surface area contributed by atoms with E-state index in [1.165, 1.54) is 19.3 Å². The average Bonchev–Trinajstić information content (AvgIpc) is 3.07. The Hall–Kier alpha value is -2.64. The number of carbonyl (C=O) groups excluding carboxylic acids is 1. The summed E-state index contributed by atoms with van der Waals surface area (Å²) in [6.07, 6.45) is 9.17. The second kappa shape index (κ2) is 9.71. The second-order valence-corrected chi connectivity index (χ2v) is 8.00. The van der Waals surface area contributed by atoms with Gasteiger partial charge >= 0.3 is 6.09 Å². The van der Waals surface area contributed by atoms with Crippen molar-refractivity contribution in [3.63, 3.8) is 0 Å².